The fourth-order valence-electron chi connectivity index (χ4n) is 1.30. The van der Waals surface area contributed by atoms with Gasteiger partial charge in [0.25, 0.3) is 0 Å². The van der Waals surface area contributed by atoms with Crippen molar-refractivity contribution in [3.63, 3.8) is 0 Å². The summed E-state index contributed by atoms with van der Waals surface area (Å²) in [6.07, 6.45) is 1.41. The molecule has 0 radical (unpaired) electrons. The van der Waals surface area contributed by atoms with E-state index in [4.69, 9.17) is 0 Å². The molecule has 0 bridgehead atoms. The molecule has 0 amide bonds. The first-order chi connectivity index (χ1) is 7.64. The van der Waals surface area contributed by atoms with Gasteiger partial charge in [-0.05, 0) is 37.9 Å². The van der Waals surface area contributed by atoms with E-state index >= 15 is 0 Å². The molecular formula is C10H18N2O2S2. The van der Waals surface area contributed by atoms with Crippen LogP contribution < -0.4 is 10.0 Å². The summed E-state index contributed by atoms with van der Waals surface area (Å²) in [7, 11) is -1.28. The molecule has 0 aliphatic carbocycles. The van der Waals surface area contributed by atoms with Gasteiger partial charge in [0, 0.05) is 11.4 Å². The molecule has 1 aromatic rings. The second kappa shape index (κ2) is 7.01. The summed E-state index contributed by atoms with van der Waals surface area (Å²) < 4.78 is 25.6. The second-order valence-electron chi connectivity index (χ2n) is 3.50. The van der Waals surface area contributed by atoms with Crippen molar-refractivity contribution in [2.45, 2.75) is 12.8 Å². The molecular weight excluding hydrogens is 244 g/mol. The quantitative estimate of drug-likeness (QED) is 0.682. The lowest BCUT2D eigenvalue weighted by molar-refractivity contribution is 0.577. The molecule has 4 nitrogen and oxygen atoms in total. The summed E-state index contributed by atoms with van der Waals surface area (Å²) in [5.41, 5.74) is 0. The Hall–Kier alpha value is -0.430. The highest BCUT2D eigenvalue weighted by Crippen LogP contribution is 2.08. The summed E-state index contributed by atoms with van der Waals surface area (Å²) in [4.78, 5) is 1.21. The molecule has 2 N–H and O–H groups in total. The lowest BCUT2D eigenvalue weighted by Gasteiger charge is -2.05. The van der Waals surface area contributed by atoms with Gasteiger partial charge in [0.05, 0.1) is 5.75 Å². The number of sulfonamides is 1. The van der Waals surface area contributed by atoms with Gasteiger partial charge in [-0.15, -0.1) is 11.3 Å². The molecule has 0 fully saturated rings. The van der Waals surface area contributed by atoms with Crippen LogP contribution in [-0.2, 0) is 16.4 Å². The standard InChI is InChI=1S/C10H18N2O2S2/c1-11-6-3-9-16(13,14)12-7-5-10-4-2-8-15-10/h2,4,8,11-12H,3,5-7,9H2,1H3. The van der Waals surface area contributed by atoms with Crippen molar-refractivity contribution in [1.82, 2.24) is 10.0 Å². The SMILES string of the molecule is CNCCCS(=O)(=O)NCCc1cccs1. The van der Waals surface area contributed by atoms with Crippen LogP contribution >= 0.6 is 11.3 Å². The van der Waals surface area contributed by atoms with Crippen LogP contribution in [0.25, 0.3) is 0 Å². The van der Waals surface area contributed by atoms with E-state index in [9.17, 15) is 8.42 Å². The molecule has 0 aliphatic heterocycles. The second-order valence-corrected chi connectivity index (χ2v) is 6.46. The number of nitrogens with one attached hydrogen (secondary N) is 2. The van der Waals surface area contributed by atoms with Crippen LogP contribution in [0.3, 0.4) is 0 Å². The third-order valence-electron chi connectivity index (χ3n) is 2.11. The molecule has 0 aliphatic rings. The minimum absolute atomic E-state index is 0.193. The molecule has 1 aromatic heterocycles. The van der Waals surface area contributed by atoms with Gasteiger partial charge in [-0.1, -0.05) is 6.07 Å². The first kappa shape index (κ1) is 13.6. The first-order valence-corrected chi connectivity index (χ1v) is 7.81. The maximum atomic E-state index is 11.5. The Balaban J connectivity index is 2.20. The summed E-state index contributed by atoms with van der Waals surface area (Å²) in [5.74, 6) is 0.193. The van der Waals surface area contributed by atoms with E-state index in [-0.39, 0.29) is 5.75 Å². The van der Waals surface area contributed by atoms with Gasteiger partial charge >= 0.3 is 0 Å². The van der Waals surface area contributed by atoms with E-state index in [0.717, 1.165) is 13.0 Å². The molecule has 16 heavy (non-hydrogen) atoms. The van der Waals surface area contributed by atoms with Crippen molar-refractivity contribution < 1.29 is 8.42 Å². The zero-order valence-electron chi connectivity index (χ0n) is 9.40. The Morgan fingerprint density at radius 1 is 1.38 bits per heavy atom. The zero-order valence-corrected chi connectivity index (χ0v) is 11.0. The van der Waals surface area contributed by atoms with Gasteiger partial charge in [-0.25, -0.2) is 13.1 Å². The molecule has 1 rings (SSSR count). The van der Waals surface area contributed by atoms with Crippen LogP contribution in [0.2, 0.25) is 0 Å². The lowest BCUT2D eigenvalue weighted by atomic mass is 10.3. The van der Waals surface area contributed by atoms with Gasteiger partial charge in [-0.3, -0.25) is 0 Å². The van der Waals surface area contributed by atoms with Crippen LogP contribution in [0.5, 0.6) is 0 Å². The lowest BCUT2D eigenvalue weighted by Crippen LogP contribution is -2.29. The normalized spacial score (nSPS) is 11.8. The van der Waals surface area contributed by atoms with Gasteiger partial charge in [0.2, 0.25) is 10.0 Å². The average molecular weight is 262 g/mol. The number of hydrogen-bond donors (Lipinski definition) is 2. The molecule has 0 atom stereocenters. The van der Waals surface area contributed by atoms with E-state index in [1.54, 1.807) is 11.3 Å². The smallest absolute Gasteiger partial charge is 0.211 e. The van der Waals surface area contributed by atoms with Gasteiger partial charge < -0.3 is 5.32 Å². The number of rotatable bonds is 8. The molecule has 1 heterocycles. The molecule has 0 saturated carbocycles. The van der Waals surface area contributed by atoms with Crippen LogP contribution in [0, 0.1) is 0 Å². The van der Waals surface area contributed by atoms with Crippen LogP contribution in [0.15, 0.2) is 17.5 Å². The molecule has 6 heteroatoms. The number of thiophene rings is 1. The fourth-order valence-corrected chi connectivity index (χ4v) is 3.09. The van der Waals surface area contributed by atoms with E-state index in [0.29, 0.717) is 13.0 Å². The van der Waals surface area contributed by atoms with Crippen LogP contribution in [0.4, 0.5) is 0 Å². The molecule has 92 valence electrons. The predicted octanol–water partition coefficient (Wildman–Crippen LogP) is 0.820. The van der Waals surface area contributed by atoms with E-state index in [1.807, 2.05) is 24.6 Å². The molecule has 0 spiro atoms. The van der Waals surface area contributed by atoms with Crippen molar-refractivity contribution in [1.29, 1.82) is 0 Å². The Morgan fingerprint density at radius 2 is 2.19 bits per heavy atom. The Labute approximate surface area is 101 Å². The summed E-state index contributed by atoms with van der Waals surface area (Å²) >= 11 is 1.65. The monoisotopic (exact) mass is 262 g/mol. The Bertz CT molecular complexity index is 374. The maximum Gasteiger partial charge on any atom is 0.211 e. The molecule has 0 aromatic carbocycles. The highest BCUT2D eigenvalue weighted by atomic mass is 32.2. The van der Waals surface area contributed by atoms with Crippen LogP contribution in [-0.4, -0.2) is 34.3 Å². The van der Waals surface area contributed by atoms with Crippen molar-refractivity contribution in [2.75, 3.05) is 25.9 Å². The van der Waals surface area contributed by atoms with E-state index in [2.05, 4.69) is 10.0 Å². The van der Waals surface area contributed by atoms with E-state index in [1.165, 1.54) is 4.88 Å². The van der Waals surface area contributed by atoms with E-state index < -0.39 is 10.0 Å². The van der Waals surface area contributed by atoms with Crippen LogP contribution in [0.1, 0.15) is 11.3 Å². The van der Waals surface area contributed by atoms with Gasteiger partial charge in [0.15, 0.2) is 0 Å². The minimum atomic E-state index is -3.09. The predicted molar refractivity (Wildman–Crippen MR) is 68.4 cm³/mol. The third-order valence-corrected chi connectivity index (χ3v) is 4.52. The highest BCUT2D eigenvalue weighted by molar-refractivity contribution is 7.89. The highest BCUT2D eigenvalue weighted by Gasteiger charge is 2.08. The molecule has 0 saturated heterocycles. The van der Waals surface area contributed by atoms with Crippen molar-refractivity contribution in [3.05, 3.63) is 22.4 Å². The van der Waals surface area contributed by atoms with Gasteiger partial charge in [-0.2, -0.15) is 0 Å². The number of hydrogen-bond acceptors (Lipinski definition) is 4. The molecule has 0 unspecified atom stereocenters. The Morgan fingerprint density at radius 3 is 2.81 bits per heavy atom. The summed E-state index contributed by atoms with van der Waals surface area (Å²) in [5, 5.41) is 4.92. The summed E-state index contributed by atoms with van der Waals surface area (Å²) in [6.45, 7) is 1.22. The summed E-state index contributed by atoms with van der Waals surface area (Å²) in [6, 6.07) is 3.99. The maximum absolute atomic E-state index is 11.5. The zero-order chi connectivity index (χ0) is 11.9. The van der Waals surface area contributed by atoms with Crippen molar-refractivity contribution >= 4 is 21.4 Å². The largest absolute Gasteiger partial charge is 0.320 e. The first-order valence-electron chi connectivity index (χ1n) is 5.28. The third kappa shape index (κ3) is 5.60. The van der Waals surface area contributed by atoms with Crippen molar-refractivity contribution in [2.24, 2.45) is 0 Å². The minimum Gasteiger partial charge on any atom is -0.320 e. The topological polar surface area (TPSA) is 58.2 Å². The van der Waals surface area contributed by atoms with Gasteiger partial charge in [0.1, 0.15) is 0 Å². The fraction of sp³-hybridized carbons (Fsp3) is 0.600. The average Bonchev–Trinajstić information content (AvgIpc) is 2.70. The Kier molecular flexibility index (Phi) is 5.97. The van der Waals surface area contributed by atoms with Crippen molar-refractivity contribution in [3.8, 4) is 0 Å².